The van der Waals surface area contributed by atoms with Gasteiger partial charge in [0, 0.05) is 21.7 Å². The first-order valence-electron chi connectivity index (χ1n) is 7.12. The second-order valence-corrected chi connectivity index (χ2v) is 6.12. The van der Waals surface area contributed by atoms with Crippen molar-refractivity contribution in [3.05, 3.63) is 62.7 Å². The number of rotatable bonds is 3. The lowest BCUT2D eigenvalue weighted by atomic mass is 10.1. The molecular formula is C17H13Cl2N3O. The van der Waals surface area contributed by atoms with Gasteiger partial charge < -0.3 is 4.98 Å². The van der Waals surface area contributed by atoms with E-state index in [1.54, 1.807) is 13.2 Å². The lowest BCUT2D eigenvalue weighted by Crippen LogP contribution is -2.23. The number of hydrogen-bond acceptors (Lipinski definition) is 3. The lowest BCUT2D eigenvalue weighted by molar-refractivity contribution is 0.271. The Bertz CT molecular complexity index is 1040. The summed E-state index contributed by atoms with van der Waals surface area (Å²) >= 11 is 12.3. The molecule has 0 spiro atoms. The third-order valence-corrected chi connectivity index (χ3v) is 4.71. The van der Waals surface area contributed by atoms with Crippen LogP contribution >= 0.6 is 23.2 Å². The summed E-state index contributed by atoms with van der Waals surface area (Å²) in [5.74, 6) is 0. The van der Waals surface area contributed by atoms with E-state index in [1.165, 1.54) is 0 Å². The molecule has 6 heteroatoms. The van der Waals surface area contributed by atoms with Crippen LogP contribution in [0.5, 0.6) is 0 Å². The lowest BCUT2D eigenvalue weighted by Gasteiger charge is -2.06. The van der Waals surface area contributed by atoms with E-state index in [0.29, 0.717) is 16.6 Å². The molecule has 116 valence electrons. The van der Waals surface area contributed by atoms with Crippen LogP contribution in [0.3, 0.4) is 0 Å². The van der Waals surface area contributed by atoms with Crippen LogP contribution in [0.2, 0.25) is 10.0 Å². The number of aromatic amines is 1. The molecule has 1 aliphatic heterocycles. The fraction of sp³-hybridized carbons (Fsp3) is 0.118. The predicted octanol–water partition coefficient (Wildman–Crippen LogP) is 3.28. The van der Waals surface area contributed by atoms with E-state index in [9.17, 15) is 0 Å². The smallest absolute Gasteiger partial charge is 0.0936 e. The van der Waals surface area contributed by atoms with Crippen LogP contribution in [0.1, 0.15) is 5.69 Å². The Morgan fingerprint density at radius 3 is 2.78 bits per heavy atom. The molecule has 3 aromatic rings. The third-order valence-electron chi connectivity index (χ3n) is 3.98. The molecule has 2 heterocycles. The van der Waals surface area contributed by atoms with Gasteiger partial charge in [-0.25, -0.2) is 0 Å². The molecule has 0 radical (unpaired) electrons. The zero-order valence-electron chi connectivity index (χ0n) is 12.3. The summed E-state index contributed by atoms with van der Waals surface area (Å²) in [5, 5.41) is 3.95. The Labute approximate surface area is 142 Å². The number of H-pyrrole nitrogens is 1. The molecule has 23 heavy (non-hydrogen) atoms. The molecule has 4 rings (SSSR count). The number of aromatic nitrogens is 1. The monoisotopic (exact) mass is 345 g/mol. The SMILES string of the molecule is CONc1c(C2=c3cc(Cl)c(Cl)cc3=NC2)[nH]c2ccccc12. The minimum atomic E-state index is 0.516. The highest BCUT2D eigenvalue weighted by Crippen LogP contribution is 2.32. The van der Waals surface area contributed by atoms with Gasteiger partial charge in [0.25, 0.3) is 0 Å². The molecule has 0 amide bonds. The van der Waals surface area contributed by atoms with Gasteiger partial charge in [-0.2, -0.15) is 0 Å². The fourth-order valence-corrected chi connectivity index (χ4v) is 3.27. The van der Waals surface area contributed by atoms with Gasteiger partial charge in [-0.15, -0.1) is 0 Å². The van der Waals surface area contributed by atoms with Crippen molar-refractivity contribution in [2.45, 2.75) is 0 Å². The minimum absolute atomic E-state index is 0.516. The number of hydrogen-bond donors (Lipinski definition) is 2. The zero-order valence-corrected chi connectivity index (χ0v) is 13.8. The highest BCUT2D eigenvalue weighted by Gasteiger charge is 2.18. The van der Waals surface area contributed by atoms with Gasteiger partial charge in [-0.3, -0.25) is 15.3 Å². The van der Waals surface area contributed by atoms with E-state index < -0.39 is 0 Å². The van der Waals surface area contributed by atoms with Crippen molar-refractivity contribution >= 4 is 45.4 Å². The van der Waals surface area contributed by atoms with Gasteiger partial charge >= 0.3 is 0 Å². The molecule has 1 aliphatic rings. The van der Waals surface area contributed by atoms with E-state index in [2.05, 4.69) is 15.5 Å². The van der Waals surface area contributed by atoms with Crippen molar-refractivity contribution in [3.63, 3.8) is 0 Å². The van der Waals surface area contributed by atoms with Crippen molar-refractivity contribution in [1.29, 1.82) is 0 Å². The molecule has 0 unspecified atom stereocenters. The standard InChI is InChI=1S/C17H13Cl2N3O/c1-23-22-17-9-4-2-3-5-14(9)21-16(17)11-8-20-15-7-13(19)12(18)6-10(11)15/h2-7,21-22H,8H2,1H3. The average molecular weight is 346 g/mol. The second-order valence-electron chi connectivity index (χ2n) is 5.31. The molecule has 0 atom stereocenters. The molecule has 4 nitrogen and oxygen atoms in total. The number of halogens is 2. The molecule has 0 saturated carbocycles. The number of benzene rings is 2. The summed E-state index contributed by atoms with van der Waals surface area (Å²) in [6.45, 7) is 0.567. The highest BCUT2D eigenvalue weighted by molar-refractivity contribution is 6.41. The molecule has 0 fully saturated rings. The molecule has 2 N–H and O–H groups in total. The Kier molecular flexibility index (Phi) is 3.53. The average Bonchev–Trinajstić information content (AvgIpc) is 3.10. The number of para-hydroxylation sites is 1. The summed E-state index contributed by atoms with van der Waals surface area (Å²) in [6, 6.07) is 11.7. The Morgan fingerprint density at radius 1 is 1.17 bits per heavy atom. The van der Waals surface area contributed by atoms with Crippen molar-refractivity contribution in [2.24, 2.45) is 4.99 Å². The van der Waals surface area contributed by atoms with Crippen molar-refractivity contribution in [1.82, 2.24) is 4.98 Å². The Hall–Kier alpha value is -2.01. The van der Waals surface area contributed by atoms with Gasteiger partial charge in [0.1, 0.15) is 0 Å². The Balaban J connectivity index is 2.04. The van der Waals surface area contributed by atoms with E-state index in [4.69, 9.17) is 28.0 Å². The number of nitrogens with one attached hydrogen (secondary N) is 2. The third kappa shape index (κ3) is 2.30. The summed E-state index contributed by atoms with van der Waals surface area (Å²) in [7, 11) is 1.60. The largest absolute Gasteiger partial charge is 0.353 e. The zero-order chi connectivity index (χ0) is 16.0. The van der Waals surface area contributed by atoms with Crippen molar-refractivity contribution < 1.29 is 4.84 Å². The minimum Gasteiger partial charge on any atom is -0.353 e. The maximum Gasteiger partial charge on any atom is 0.0936 e. The topological polar surface area (TPSA) is 49.4 Å². The van der Waals surface area contributed by atoms with Crippen LogP contribution in [0.4, 0.5) is 5.69 Å². The molecule has 0 aliphatic carbocycles. The molecule has 0 saturated heterocycles. The molecule has 2 aromatic carbocycles. The molecule has 0 bridgehead atoms. The maximum absolute atomic E-state index is 6.19. The van der Waals surface area contributed by atoms with Crippen LogP contribution in [0, 0.1) is 0 Å². The van der Waals surface area contributed by atoms with E-state index in [-0.39, 0.29) is 0 Å². The first-order valence-corrected chi connectivity index (χ1v) is 7.87. The highest BCUT2D eigenvalue weighted by atomic mass is 35.5. The van der Waals surface area contributed by atoms with Crippen LogP contribution in [-0.4, -0.2) is 18.6 Å². The number of nitrogens with zero attached hydrogens (tertiary/aromatic N) is 1. The van der Waals surface area contributed by atoms with Crippen LogP contribution < -0.4 is 16.1 Å². The summed E-state index contributed by atoms with van der Waals surface area (Å²) in [5.41, 5.74) is 6.92. The number of fused-ring (bicyclic) bond motifs is 2. The van der Waals surface area contributed by atoms with Gasteiger partial charge in [0.05, 0.1) is 40.4 Å². The quantitative estimate of drug-likeness (QED) is 0.715. The first kappa shape index (κ1) is 14.6. The summed E-state index contributed by atoms with van der Waals surface area (Å²) < 4.78 is 0. The summed E-state index contributed by atoms with van der Waals surface area (Å²) in [6.07, 6.45) is 0. The van der Waals surface area contributed by atoms with Gasteiger partial charge in [0.15, 0.2) is 0 Å². The maximum atomic E-state index is 6.19. The van der Waals surface area contributed by atoms with E-state index >= 15 is 0 Å². The van der Waals surface area contributed by atoms with Crippen LogP contribution in [-0.2, 0) is 4.84 Å². The van der Waals surface area contributed by atoms with Crippen molar-refractivity contribution in [3.8, 4) is 0 Å². The van der Waals surface area contributed by atoms with E-state index in [1.807, 2.05) is 30.3 Å². The fourth-order valence-electron chi connectivity index (χ4n) is 2.95. The number of anilines is 1. The van der Waals surface area contributed by atoms with Crippen LogP contribution in [0.15, 0.2) is 41.4 Å². The predicted molar refractivity (Wildman–Crippen MR) is 93.6 cm³/mol. The van der Waals surface area contributed by atoms with Gasteiger partial charge in [0.2, 0.25) is 0 Å². The molecule has 1 aromatic heterocycles. The van der Waals surface area contributed by atoms with Gasteiger partial charge in [-0.05, 0) is 18.2 Å². The Morgan fingerprint density at radius 2 is 1.96 bits per heavy atom. The van der Waals surface area contributed by atoms with Crippen molar-refractivity contribution in [2.75, 3.05) is 19.1 Å². The summed E-state index contributed by atoms with van der Waals surface area (Å²) in [4.78, 5) is 13.2. The van der Waals surface area contributed by atoms with Crippen LogP contribution in [0.25, 0.3) is 16.5 Å². The normalized spacial score (nSPS) is 13.3. The van der Waals surface area contributed by atoms with Gasteiger partial charge in [-0.1, -0.05) is 41.4 Å². The molecular weight excluding hydrogens is 333 g/mol. The second kappa shape index (κ2) is 5.57. The van der Waals surface area contributed by atoms with E-state index in [0.717, 1.165) is 38.4 Å². The first-order chi connectivity index (χ1) is 11.2.